The summed E-state index contributed by atoms with van der Waals surface area (Å²) in [5.74, 6) is 1.68. The Kier molecular flexibility index (Phi) is 12.4. The first kappa shape index (κ1) is 25.2. The number of aliphatic imine (C=N–C) groups is 1. The predicted octanol–water partition coefficient (Wildman–Crippen LogP) is 3.29. The fourth-order valence-corrected chi connectivity index (χ4v) is 2.70. The smallest absolute Gasteiger partial charge is 0.191 e. The average Bonchev–Trinajstić information content (AvgIpc) is 3.09. The molecule has 2 N–H and O–H groups in total. The normalized spacial score (nSPS) is 11.1. The van der Waals surface area contributed by atoms with Crippen LogP contribution in [0.3, 0.4) is 0 Å². The van der Waals surface area contributed by atoms with Gasteiger partial charge >= 0.3 is 0 Å². The molecule has 1 heterocycles. The van der Waals surface area contributed by atoms with Crippen LogP contribution in [-0.2, 0) is 17.8 Å². The van der Waals surface area contributed by atoms with E-state index in [-0.39, 0.29) is 24.0 Å². The maximum absolute atomic E-state index is 5.95. The summed E-state index contributed by atoms with van der Waals surface area (Å²) in [5, 5.41) is 11.0. The molecule has 29 heavy (non-hydrogen) atoms. The van der Waals surface area contributed by atoms with E-state index in [2.05, 4.69) is 47.8 Å². The van der Waals surface area contributed by atoms with Gasteiger partial charge in [0.1, 0.15) is 5.75 Å². The number of nitrogens with zero attached hydrogens (tertiary/aromatic N) is 3. The first-order valence-corrected chi connectivity index (χ1v) is 9.85. The van der Waals surface area contributed by atoms with Crippen molar-refractivity contribution in [1.29, 1.82) is 0 Å². The molecule has 1 aromatic carbocycles. The van der Waals surface area contributed by atoms with Gasteiger partial charge in [-0.25, -0.2) is 4.99 Å². The lowest BCUT2D eigenvalue weighted by Crippen LogP contribution is -2.38. The number of aromatic nitrogens is 2. The molecule has 0 saturated carbocycles. The molecule has 8 heteroatoms. The van der Waals surface area contributed by atoms with Crippen LogP contribution in [0.25, 0.3) is 0 Å². The maximum Gasteiger partial charge on any atom is 0.191 e. The standard InChI is InChI=1S/C21H33N5O2.HI/c1-5-22-21(23-9-10-26-16-18(3)14-25-26)24-15-19-8-7-17(2)13-20(19)28-12-6-11-27-4;/h7-8,13-14,16H,5-6,9-12,15H2,1-4H3,(H2,22,23,24);1H. The van der Waals surface area contributed by atoms with Crippen molar-refractivity contribution in [2.45, 2.75) is 40.3 Å². The molecule has 0 aliphatic heterocycles. The van der Waals surface area contributed by atoms with E-state index in [1.807, 2.05) is 24.0 Å². The Hall–Kier alpha value is -1.81. The van der Waals surface area contributed by atoms with Crippen molar-refractivity contribution in [1.82, 2.24) is 20.4 Å². The van der Waals surface area contributed by atoms with Gasteiger partial charge in [-0.3, -0.25) is 4.68 Å². The molecule has 0 saturated heterocycles. The van der Waals surface area contributed by atoms with Crippen molar-refractivity contribution < 1.29 is 9.47 Å². The van der Waals surface area contributed by atoms with E-state index < -0.39 is 0 Å². The third kappa shape index (κ3) is 9.49. The zero-order valence-electron chi connectivity index (χ0n) is 17.9. The van der Waals surface area contributed by atoms with E-state index in [1.165, 1.54) is 5.56 Å². The topological polar surface area (TPSA) is 72.7 Å². The van der Waals surface area contributed by atoms with Crippen LogP contribution in [0, 0.1) is 13.8 Å². The van der Waals surface area contributed by atoms with Crippen molar-refractivity contribution in [3.8, 4) is 5.75 Å². The van der Waals surface area contributed by atoms with Gasteiger partial charge in [-0.05, 0) is 38.0 Å². The Labute approximate surface area is 191 Å². The zero-order valence-corrected chi connectivity index (χ0v) is 20.2. The minimum absolute atomic E-state index is 0. The monoisotopic (exact) mass is 515 g/mol. The Balaban J connectivity index is 0.00000420. The molecule has 0 spiro atoms. The summed E-state index contributed by atoms with van der Waals surface area (Å²) >= 11 is 0. The number of hydrogen-bond donors (Lipinski definition) is 2. The van der Waals surface area contributed by atoms with Crippen molar-refractivity contribution in [2.24, 2.45) is 4.99 Å². The molecule has 0 bridgehead atoms. The van der Waals surface area contributed by atoms with Crippen LogP contribution in [0.2, 0.25) is 0 Å². The van der Waals surface area contributed by atoms with Crippen molar-refractivity contribution in [2.75, 3.05) is 33.4 Å². The maximum atomic E-state index is 5.95. The van der Waals surface area contributed by atoms with Gasteiger partial charge in [-0.1, -0.05) is 12.1 Å². The molecule has 0 fully saturated rings. The van der Waals surface area contributed by atoms with Gasteiger partial charge in [0, 0.05) is 45.0 Å². The average molecular weight is 515 g/mol. The molecule has 1 aromatic heterocycles. The molecule has 0 aliphatic carbocycles. The molecule has 7 nitrogen and oxygen atoms in total. The van der Waals surface area contributed by atoms with E-state index >= 15 is 0 Å². The molecule has 162 valence electrons. The number of ether oxygens (including phenoxy) is 2. The van der Waals surface area contributed by atoms with E-state index in [0.717, 1.165) is 48.9 Å². The van der Waals surface area contributed by atoms with Crippen molar-refractivity contribution >= 4 is 29.9 Å². The van der Waals surface area contributed by atoms with Crippen LogP contribution in [0.5, 0.6) is 5.75 Å². The minimum Gasteiger partial charge on any atom is -0.493 e. The Morgan fingerprint density at radius 1 is 1.17 bits per heavy atom. The van der Waals surface area contributed by atoms with E-state index in [0.29, 0.717) is 19.8 Å². The fourth-order valence-electron chi connectivity index (χ4n) is 2.70. The molecule has 0 radical (unpaired) electrons. The third-order valence-electron chi connectivity index (χ3n) is 4.12. The van der Waals surface area contributed by atoms with Gasteiger partial charge in [0.2, 0.25) is 0 Å². The van der Waals surface area contributed by atoms with Crippen LogP contribution in [0.1, 0.15) is 30.0 Å². The second-order valence-corrected chi connectivity index (χ2v) is 6.71. The van der Waals surface area contributed by atoms with Gasteiger partial charge < -0.3 is 20.1 Å². The summed E-state index contributed by atoms with van der Waals surface area (Å²) in [6.45, 7) is 10.4. The molecule has 2 aromatic rings. The highest BCUT2D eigenvalue weighted by atomic mass is 127. The van der Waals surface area contributed by atoms with Crippen molar-refractivity contribution in [3.63, 3.8) is 0 Å². The minimum atomic E-state index is 0. The van der Waals surface area contributed by atoms with Crippen LogP contribution in [0.15, 0.2) is 35.6 Å². The second-order valence-electron chi connectivity index (χ2n) is 6.71. The van der Waals surface area contributed by atoms with Gasteiger partial charge in [0.15, 0.2) is 5.96 Å². The highest BCUT2D eigenvalue weighted by molar-refractivity contribution is 14.0. The number of rotatable bonds is 11. The van der Waals surface area contributed by atoms with Gasteiger partial charge in [0.25, 0.3) is 0 Å². The molecule has 2 rings (SSSR count). The number of hydrogen-bond acceptors (Lipinski definition) is 4. The largest absolute Gasteiger partial charge is 0.493 e. The molecular weight excluding hydrogens is 481 g/mol. The predicted molar refractivity (Wildman–Crippen MR) is 128 cm³/mol. The summed E-state index contributed by atoms with van der Waals surface area (Å²) in [5.41, 5.74) is 3.41. The number of methoxy groups -OCH3 is 1. The quantitative estimate of drug-likeness (QED) is 0.208. The van der Waals surface area contributed by atoms with Crippen LogP contribution < -0.4 is 15.4 Å². The number of aryl methyl sites for hydroxylation is 2. The summed E-state index contributed by atoms with van der Waals surface area (Å²) < 4.78 is 13.0. The first-order chi connectivity index (χ1) is 13.6. The SMILES string of the molecule is CCNC(=NCc1ccc(C)cc1OCCCOC)NCCn1cc(C)cn1.I. The lowest BCUT2D eigenvalue weighted by Gasteiger charge is -2.14. The van der Waals surface area contributed by atoms with Crippen molar-refractivity contribution in [3.05, 3.63) is 47.3 Å². The lowest BCUT2D eigenvalue weighted by molar-refractivity contribution is 0.172. The fraction of sp³-hybridized carbons (Fsp3) is 0.524. The molecule has 0 unspecified atom stereocenters. The number of halogens is 1. The highest BCUT2D eigenvalue weighted by Gasteiger charge is 2.05. The summed E-state index contributed by atoms with van der Waals surface area (Å²) in [6, 6.07) is 6.24. The molecule has 0 atom stereocenters. The van der Waals surface area contributed by atoms with Crippen LogP contribution in [-0.4, -0.2) is 49.2 Å². The number of nitrogens with one attached hydrogen (secondary N) is 2. The second kappa shape index (κ2) is 14.2. The summed E-state index contributed by atoms with van der Waals surface area (Å²) in [6.07, 6.45) is 4.76. The Bertz CT molecular complexity index is 748. The number of guanidine groups is 1. The summed E-state index contributed by atoms with van der Waals surface area (Å²) in [7, 11) is 1.70. The molecule has 0 amide bonds. The summed E-state index contributed by atoms with van der Waals surface area (Å²) in [4.78, 5) is 4.71. The van der Waals surface area contributed by atoms with Gasteiger partial charge in [-0.2, -0.15) is 5.10 Å². The van der Waals surface area contributed by atoms with Crippen LogP contribution >= 0.6 is 24.0 Å². The zero-order chi connectivity index (χ0) is 20.2. The Morgan fingerprint density at radius 3 is 2.69 bits per heavy atom. The lowest BCUT2D eigenvalue weighted by atomic mass is 10.1. The third-order valence-corrected chi connectivity index (χ3v) is 4.12. The van der Waals surface area contributed by atoms with Crippen LogP contribution in [0.4, 0.5) is 0 Å². The first-order valence-electron chi connectivity index (χ1n) is 9.85. The van der Waals surface area contributed by atoms with Gasteiger partial charge in [0.05, 0.1) is 25.9 Å². The van der Waals surface area contributed by atoms with E-state index in [4.69, 9.17) is 14.5 Å². The number of benzene rings is 1. The highest BCUT2D eigenvalue weighted by Crippen LogP contribution is 2.21. The molecule has 0 aliphatic rings. The van der Waals surface area contributed by atoms with E-state index in [9.17, 15) is 0 Å². The Morgan fingerprint density at radius 2 is 2.00 bits per heavy atom. The molecular formula is C21H34IN5O2. The van der Waals surface area contributed by atoms with Gasteiger partial charge in [-0.15, -0.1) is 24.0 Å². The van der Waals surface area contributed by atoms with E-state index in [1.54, 1.807) is 7.11 Å².